The van der Waals surface area contributed by atoms with Crippen LogP contribution >= 0.6 is 0 Å². The first-order valence-corrected chi connectivity index (χ1v) is 6.24. The highest BCUT2D eigenvalue weighted by atomic mass is 16.5. The van der Waals surface area contributed by atoms with Gasteiger partial charge in [0.25, 0.3) is 0 Å². The molecule has 0 radical (unpaired) electrons. The van der Waals surface area contributed by atoms with E-state index in [1.54, 1.807) is 18.3 Å². The second kappa shape index (κ2) is 5.10. The van der Waals surface area contributed by atoms with Gasteiger partial charge in [0.15, 0.2) is 6.29 Å². The van der Waals surface area contributed by atoms with Gasteiger partial charge in [0.2, 0.25) is 0 Å². The van der Waals surface area contributed by atoms with Crippen LogP contribution in [0.3, 0.4) is 0 Å². The van der Waals surface area contributed by atoms with Crippen LogP contribution in [-0.4, -0.2) is 24.4 Å². The highest BCUT2D eigenvalue weighted by Crippen LogP contribution is 2.26. The van der Waals surface area contributed by atoms with Crippen molar-refractivity contribution in [3.05, 3.63) is 53.7 Å². The molecule has 0 saturated carbocycles. The number of pyridine rings is 1. The third-order valence-electron chi connectivity index (χ3n) is 3.20. The lowest BCUT2D eigenvalue weighted by atomic mass is 10.2. The fourth-order valence-electron chi connectivity index (χ4n) is 2.27. The normalized spacial score (nSPS) is 14.2. The molecule has 1 aliphatic heterocycles. The van der Waals surface area contributed by atoms with Gasteiger partial charge in [-0.2, -0.15) is 0 Å². The molecular formula is C15H14N2O2. The number of anilines is 1. The summed E-state index contributed by atoms with van der Waals surface area (Å²) in [4.78, 5) is 17.5. The molecule has 0 saturated heterocycles. The van der Waals surface area contributed by atoms with Gasteiger partial charge >= 0.3 is 0 Å². The van der Waals surface area contributed by atoms with E-state index in [9.17, 15) is 4.79 Å². The van der Waals surface area contributed by atoms with E-state index in [0.717, 1.165) is 23.4 Å². The minimum Gasteiger partial charge on any atom is -0.491 e. The van der Waals surface area contributed by atoms with Crippen molar-refractivity contribution in [3.8, 4) is 5.75 Å². The lowest BCUT2D eigenvalue weighted by Crippen LogP contribution is -2.27. The first-order chi connectivity index (χ1) is 9.38. The van der Waals surface area contributed by atoms with E-state index in [2.05, 4.69) is 9.88 Å². The average molecular weight is 254 g/mol. The van der Waals surface area contributed by atoms with Gasteiger partial charge in [-0.25, -0.2) is 4.98 Å². The van der Waals surface area contributed by atoms with Crippen LogP contribution in [0, 0.1) is 0 Å². The second-order valence-electron chi connectivity index (χ2n) is 4.41. The van der Waals surface area contributed by atoms with Crippen LogP contribution < -0.4 is 9.64 Å². The monoisotopic (exact) mass is 254 g/mol. The van der Waals surface area contributed by atoms with Crippen molar-refractivity contribution in [2.45, 2.75) is 6.54 Å². The maximum atomic E-state index is 11.1. The SMILES string of the molecule is O=Cc1cccnc1N1CCOc2ccccc2C1. The molecule has 4 nitrogen and oxygen atoms in total. The molecule has 0 unspecified atom stereocenters. The zero-order chi connectivity index (χ0) is 13.1. The minimum absolute atomic E-state index is 0.589. The van der Waals surface area contributed by atoms with Crippen LogP contribution in [0.1, 0.15) is 15.9 Å². The number of para-hydroxylation sites is 1. The molecule has 0 amide bonds. The number of aldehydes is 1. The van der Waals surface area contributed by atoms with Gasteiger partial charge in [0.1, 0.15) is 18.2 Å². The Morgan fingerprint density at radius 3 is 3.00 bits per heavy atom. The summed E-state index contributed by atoms with van der Waals surface area (Å²) < 4.78 is 5.72. The summed E-state index contributed by atoms with van der Waals surface area (Å²) in [6.45, 7) is 2.01. The van der Waals surface area contributed by atoms with Crippen molar-refractivity contribution in [1.82, 2.24) is 4.98 Å². The summed E-state index contributed by atoms with van der Waals surface area (Å²) >= 11 is 0. The van der Waals surface area contributed by atoms with E-state index >= 15 is 0 Å². The highest BCUT2D eigenvalue weighted by molar-refractivity contribution is 5.82. The summed E-state index contributed by atoms with van der Waals surface area (Å²) in [6.07, 6.45) is 2.56. The predicted octanol–water partition coefficient (Wildman–Crippen LogP) is 2.29. The van der Waals surface area contributed by atoms with Crippen LogP contribution in [0.25, 0.3) is 0 Å². The Hall–Kier alpha value is -2.36. The Labute approximate surface area is 111 Å². The van der Waals surface area contributed by atoms with E-state index in [1.165, 1.54) is 0 Å². The van der Waals surface area contributed by atoms with Crippen LogP contribution in [0.15, 0.2) is 42.6 Å². The topological polar surface area (TPSA) is 42.4 Å². The van der Waals surface area contributed by atoms with Gasteiger partial charge in [0.05, 0.1) is 12.1 Å². The maximum absolute atomic E-state index is 11.1. The van der Waals surface area contributed by atoms with Gasteiger partial charge in [-0.05, 0) is 18.2 Å². The number of carbonyl (C=O) groups excluding carboxylic acids is 1. The molecular weight excluding hydrogens is 240 g/mol. The lowest BCUT2D eigenvalue weighted by Gasteiger charge is -2.22. The molecule has 3 rings (SSSR count). The number of hydrogen-bond donors (Lipinski definition) is 0. The molecule has 96 valence electrons. The molecule has 1 aliphatic rings. The van der Waals surface area contributed by atoms with Crippen LogP contribution in [0.2, 0.25) is 0 Å². The summed E-state index contributed by atoms with van der Waals surface area (Å²) in [5.74, 6) is 1.63. The van der Waals surface area contributed by atoms with Crippen molar-refractivity contribution in [3.63, 3.8) is 0 Å². The Kier molecular flexibility index (Phi) is 3.14. The lowest BCUT2D eigenvalue weighted by molar-refractivity contribution is 0.112. The van der Waals surface area contributed by atoms with Crippen molar-refractivity contribution in [2.75, 3.05) is 18.1 Å². The molecule has 2 aromatic rings. The van der Waals surface area contributed by atoms with Crippen LogP contribution in [0.5, 0.6) is 5.75 Å². The maximum Gasteiger partial charge on any atom is 0.153 e. The van der Waals surface area contributed by atoms with E-state index in [4.69, 9.17) is 4.74 Å². The molecule has 19 heavy (non-hydrogen) atoms. The zero-order valence-electron chi connectivity index (χ0n) is 10.5. The van der Waals surface area contributed by atoms with Crippen molar-refractivity contribution < 1.29 is 9.53 Å². The quantitative estimate of drug-likeness (QED) is 0.771. The number of fused-ring (bicyclic) bond motifs is 1. The Morgan fingerprint density at radius 1 is 1.21 bits per heavy atom. The molecule has 0 atom stereocenters. The van der Waals surface area contributed by atoms with E-state index in [0.29, 0.717) is 25.3 Å². The Morgan fingerprint density at radius 2 is 2.11 bits per heavy atom. The zero-order valence-corrected chi connectivity index (χ0v) is 10.5. The smallest absolute Gasteiger partial charge is 0.153 e. The molecule has 1 aromatic heterocycles. The summed E-state index contributed by atoms with van der Waals surface area (Å²) in [5, 5.41) is 0. The van der Waals surface area contributed by atoms with Crippen LogP contribution in [-0.2, 0) is 6.54 Å². The van der Waals surface area contributed by atoms with Crippen molar-refractivity contribution >= 4 is 12.1 Å². The van der Waals surface area contributed by atoms with Gasteiger partial charge in [0, 0.05) is 18.3 Å². The van der Waals surface area contributed by atoms with Gasteiger partial charge < -0.3 is 9.64 Å². The van der Waals surface area contributed by atoms with E-state index in [-0.39, 0.29) is 0 Å². The largest absolute Gasteiger partial charge is 0.491 e. The molecule has 0 N–H and O–H groups in total. The van der Waals surface area contributed by atoms with E-state index < -0.39 is 0 Å². The number of carbonyl (C=O) groups is 1. The standard InChI is InChI=1S/C15H14N2O2/c18-11-13-5-3-7-16-15(13)17-8-9-19-14-6-2-1-4-12(14)10-17/h1-7,11H,8-10H2. The number of aromatic nitrogens is 1. The number of nitrogens with zero attached hydrogens (tertiary/aromatic N) is 2. The van der Waals surface area contributed by atoms with Gasteiger partial charge in [-0.15, -0.1) is 0 Å². The first-order valence-electron chi connectivity index (χ1n) is 6.24. The summed E-state index contributed by atoms with van der Waals surface area (Å²) in [6, 6.07) is 11.5. The number of hydrogen-bond acceptors (Lipinski definition) is 4. The molecule has 2 heterocycles. The molecule has 0 aliphatic carbocycles. The fraction of sp³-hybridized carbons (Fsp3) is 0.200. The summed E-state index contributed by atoms with van der Waals surface area (Å²) in [7, 11) is 0. The molecule has 4 heteroatoms. The Bertz CT molecular complexity index is 598. The Balaban J connectivity index is 1.96. The fourth-order valence-corrected chi connectivity index (χ4v) is 2.27. The molecule has 0 spiro atoms. The molecule has 0 bridgehead atoms. The van der Waals surface area contributed by atoms with Gasteiger partial charge in [-0.3, -0.25) is 4.79 Å². The second-order valence-corrected chi connectivity index (χ2v) is 4.41. The average Bonchev–Trinajstić information content (AvgIpc) is 2.69. The van der Waals surface area contributed by atoms with Crippen LogP contribution in [0.4, 0.5) is 5.82 Å². The minimum atomic E-state index is 0.589. The molecule has 0 fully saturated rings. The number of rotatable bonds is 2. The van der Waals surface area contributed by atoms with Crippen molar-refractivity contribution in [2.24, 2.45) is 0 Å². The number of ether oxygens (including phenoxy) is 1. The molecule has 1 aromatic carbocycles. The van der Waals surface area contributed by atoms with Gasteiger partial charge in [-0.1, -0.05) is 18.2 Å². The third-order valence-corrected chi connectivity index (χ3v) is 3.20. The summed E-state index contributed by atoms with van der Waals surface area (Å²) in [5.41, 5.74) is 1.73. The highest BCUT2D eigenvalue weighted by Gasteiger charge is 2.18. The van der Waals surface area contributed by atoms with E-state index in [1.807, 2.05) is 24.3 Å². The third kappa shape index (κ3) is 2.29. The number of benzene rings is 1. The first kappa shape index (κ1) is 11.7. The predicted molar refractivity (Wildman–Crippen MR) is 72.6 cm³/mol. The van der Waals surface area contributed by atoms with Crippen molar-refractivity contribution in [1.29, 1.82) is 0 Å².